The summed E-state index contributed by atoms with van der Waals surface area (Å²) >= 11 is 0. The summed E-state index contributed by atoms with van der Waals surface area (Å²) in [5.41, 5.74) is 3.00. The van der Waals surface area contributed by atoms with Gasteiger partial charge in [-0.1, -0.05) is 39.0 Å². The Hall–Kier alpha value is -2.10. The molecule has 4 rings (SSSR count). The quantitative estimate of drug-likeness (QED) is 0.855. The first kappa shape index (κ1) is 13.6. The number of hydrogen-bond acceptors (Lipinski definition) is 3. The number of hydrogen-bond donors (Lipinski definition) is 0. The molecule has 22 heavy (non-hydrogen) atoms. The molecule has 2 atom stereocenters. The lowest BCUT2D eigenvalue weighted by Gasteiger charge is -2.35. The number of fused-ring (bicyclic) bond motifs is 5. The van der Waals surface area contributed by atoms with Gasteiger partial charge >= 0.3 is 0 Å². The van der Waals surface area contributed by atoms with Crippen LogP contribution in [0.25, 0.3) is 5.69 Å². The SMILES string of the molecule is CC1(C)[C@H]2CC[C@]1(C)c1c2c(C(=O)[O-])nn1-c1ccccc1. The van der Waals surface area contributed by atoms with Gasteiger partial charge in [-0.2, -0.15) is 5.10 Å². The second kappa shape index (κ2) is 4.00. The van der Waals surface area contributed by atoms with Crippen LogP contribution in [0.3, 0.4) is 0 Å². The largest absolute Gasteiger partial charge is 0.543 e. The number of aromatic carboxylic acids is 1. The first-order valence-electron chi connectivity index (χ1n) is 7.78. The monoisotopic (exact) mass is 295 g/mol. The smallest absolute Gasteiger partial charge is 0.112 e. The van der Waals surface area contributed by atoms with E-state index in [1.54, 1.807) is 0 Å². The van der Waals surface area contributed by atoms with Crippen molar-refractivity contribution in [2.45, 2.75) is 44.9 Å². The molecular weight excluding hydrogens is 276 g/mol. The van der Waals surface area contributed by atoms with Crippen molar-refractivity contribution in [2.24, 2.45) is 5.41 Å². The van der Waals surface area contributed by atoms with E-state index in [0.717, 1.165) is 29.8 Å². The maximum absolute atomic E-state index is 11.6. The molecule has 0 amide bonds. The molecule has 1 heterocycles. The van der Waals surface area contributed by atoms with Crippen LogP contribution in [0.5, 0.6) is 0 Å². The molecule has 2 aliphatic carbocycles. The minimum atomic E-state index is -1.17. The highest BCUT2D eigenvalue weighted by molar-refractivity contribution is 5.87. The molecule has 1 fully saturated rings. The van der Waals surface area contributed by atoms with Crippen molar-refractivity contribution in [2.75, 3.05) is 0 Å². The lowest BCUT2D eigenvalue weighted by molar-refractivity contribution is -0.255. The van der Waals surface area contributed by atoms with Gasteiger partial charge in [-0.3, -0.25) is 0 Å². The molecule has 0 unspecified atom stereocenters. The zero-order chi connectivity index (χ0) is 15.7. The number of benzene rings is 1. The van der Waals surface area contributed by atoms with Crippen molar-refractivity contribution in [1.82, 2.24) is 9.78 Å². The molecule has 4 nitrogen and oxygen atoms in total. The van der Waals surface area contributed by atoms with Gasteiger partial charge in [0.15, 0.2) is 0 Å². The summed E-state index contributed by atoms with van der Waals surface area (Å²) in [6.07, 6.45) is 2.10. The van der Waals surface area contributed by atoms with Crippen molar-refractivity contribution in [3.63, 3.8) is 0 Å². The standard InChI is InChI=1S/C18H20N2O2/c1-17(2)12-9-10-18(17,3)15-13(12)14(16(21)22)19-20(15)11-7-5-4-6-8-11/h4-8,12H,9-10H2,1-3H3,(H,21,22)/p-1/t12-,18+/m0/s1. The number of carbonyl (C=O) groups excluding carboxylic acids is 1. The third-order valence-electron chi connectivity index (χ3n) is 6.21. The van der Waals surface area contributed by atoms with Gasteiger partial charge in [-0.15, -0.1) is 0 Å². The number of aromatic nitrogens is 2. The zero-order valence-electron chi connectivity index (χ0n) is 13.1. The summed E-state index contributed by atoms with van der Waals surface area (Å²) in [5, 5.41) is 16.0. The average molecular weight is 295 g/mol. The van der Waals surface area contributed by atoms with Crippen LogP contribution in [0.1, 0.15) is 61.3 Å². The van der Waals surface area contributed by atoms with Crippen LogP contribution in [0.2, 0.25) is 0 Å². The minimum Gasteiger partial charge on any atom is -0.543 e. The summed E-state index contributed by atoms with van der Waals surface area (Å²) in [6.45, 7) is 6.75. The van der Waals surface area contributed by atoms with Gasteiger partial charge in [-0.05, 0) is 36.3 Å². The molecule has 0 radical (unpaired) electrons. The normalized spacial score (nSPS) is 27.9. The Labute approximate surface area is 129 Å². The maximum atomic E-state index is 11.6. The second-order valence-corrected chi connectivity index (χ2v) is 7.29. The van der Waals surface area contributed by atoms with Gasteiger partial charge in [0.1, 0.15) is 5.69 Å². The van der Waals surface area contributed by atoms with Crippen LogP contribution in [-0.4, -0.2) is 15.7 Å². The van der Waals surface area contributed by atoms with Crippen LogP contribution in [0, 0.1) is 5.41 Å². The van der Waals surface area contributed by atoms with E-state index in [1.807, 2.05) is 35.0 Å². The third-order valence-corrected chi connectivity index (χ3v) is 6.21. The molecule has 1 saturated carbocycles. The molecule has 2 bridgehead atoms. The highest BCUT2D eigenvalue weighted by Crippen LogP contribution is 2.68. The molecule has 0 spiro atoms. The predicted molar refractivity (Wildman–Crippen MR) is 81.0 cm³/mol. The second-order valence-electron chi connectivity index (χ2n) is 7.29. The summed E-state index contributed by atoms with van der Waals surface area (Å²) < 4.78 is 1.83. The van der Waals surface area contributed by atoms with Gasteiger partial charge in [0, 0.05) is 11.0 Å². The van der Waals surface area contributed by atoms with Gasteiger partial charge in [0.05, 0.1) is 17.4 Å². The Balaban J connectivity index is 2.05. The molecule has 2 aromatic rings. The van der Waals surface area contributed by atoms with Crippen molar-refractivity contribution in [3.05, 3.63) is 47.3 Å². The van der Waals surface area contributed by atoms with E-state index < -0.39 is 5.97 Å². The predicted octanol–water partition coefficient (Wildman–Crippen LogP) is 2.41. The van der Waals surface area contributed by atoms with E-state index in [1.165, 1.54) is 0 Å². The van der Waals surface area contributed by atoms with Crippen LogP contribution >= 0.6 is 0 Å². The van der Waals surface area contributed by atoms with Gasteiger partial charge in [-0.25, -0.2) is 4.68 Å². The fraction of sp³-hybridized carbons (Fsp3) is 0.444. The summed E-state index contributed by atoms with van der Waals surface area (Å²) in [7, 11) is 0. The number of para-hydroxylation sites is 1. The third kappa shape index (κ3) is 1.38. The Morgan fingerprint density at radius 1 is 1.27 bits per heavy atom. The van der Waals surface area contributed by atoms with Crippen LogP contribution in [0.15, 0.2) is 30.3 Å². The van der Waals surface area contributed by atoms with E-state index in [0.29, 0.717) is 0 Å². The summed E-state index contributed by atoms with van der Waals surface area (Å²) in [4.78, 5) is 11.6. The fourth-order valence-electron chi connectivity index (χ4n) is 4.63. The molecule has 114 valence electrons. The fourth-order valence-corrected chi connectivity index (χ4v) is 4.63. The molecule has 2 aliphatic rings. The topological polar surface area (TPSA) is 57.9 Å². The molecular formula is C18H19N2O2-. The van der Waals surface area contributed by atoms with Gasteiger partial charge in [0.25, 0.3) is 0 Å². The molecule has 0 aliphatic heterocycles. The first-order valence-corrected chi connectivity index (χ1v) is 7.78. The molecule has 4 heteroatoms. The van der Waals surface area contributed by atoms with Crippen molar-refractivity contribution < 1.29 is 9.90 Å². The van der Waals surface area contributed by atoms with Crippen LogP contribution in [-0.2, 0) is 5.41 Å². The Kier molecular flexibility index (Phi) is 2.47. The van der Waals surface area contributed by atoms with E-state index in [-0.39, 0.29) is 22.4 Å². The van der Waals surface area contributed by atoms with E-state index in [4.69, 9.17) is 0 Å². The van der Waals surface area contributed by atoms with Crippen molar-refractivity contribution in [1.29, 1.82) is 0 Å². The summed E-state index contributed by atoms with van der Waals surface area (Å²) in [5.74, 6) is -0.921. The lowest BCUT2D eigenvalue weighted by atomic mass is 9.70. The van der Waals surface area contributed by atoms with Crippen LogP contribution < -0.4 is 5.11 Å². The van der Waals surface area contributed by atoms with Gasteiger partial charge < -0.3 is 9.90 Å². The van der Waals surface area contributed by atoms with E-state index in [2.05, 4.69) is 25.9 Å². The van der Waals surface area contributed by atoms with Crippen molar-refractivity contribution in [3.8, 4) is 5.69 Å². The number of nitrogens with zero attached hydrogens (tertiary/aromatic N) is 2. The maximum Gasteiger partial charge on any atom is 0.112 e. The van der Waals surface area contributed by atoms with Crippen molar-refractivity contribution >= 4 is 5.97 Å². The molecule has 1 aromatic heterocycles. The minimum absolute atomic E-state index is 0.0430. The Morgan fingerprint density at radius 2 is 1.95 bits per heavy atom. The average Bonchev–Trinajstić information content (AvgIpc) is 3.03. The highest BCUT2D eigenvalue weighted by atomic mass is 16.4. The molecule has 0 N–H and O–H groups in total. The van der Waals surface area contributed by atoms with Gasteiger partial charge in [0.2, 0.25) is 0 Å². The van der Waals surface area contributed by atoms with Crippen LogP contribution in [0.4, 0.5) is 0 Å². The Morgan fingerprint density at radius 3 is 2.59 bits per heavy atom. The first-order chi connectivity index (χ1) is 10.4. The molecule has 1 aromatic carbocycles. The number of carbonyl (C=O) groups is 1. The number of rotatable bonds is 2. The van der Waals surface area contributed by atoms with E-state index in [9.17, 15) is 9.90 Å². The number of carboxylic acid groups (broad SMARTS) is 1. The molecule has 0 saturated heterocycles. The van der Waals surface area contributed by atoms with E-state index >= 15 is 0 Å². The highest BCUT2D eigenvalue weighted by Gasteiger charge is 2.62. The Bertz CT molecular complexity index is 776. The summed E-state index contributed by atoms with van der Waals surface area (Å²) in [6, 6.07) is 9.78. The zero-order valence-corrected chi connectivity index (χ0v) is 13.1. The number of carboxylic acids is 1. The lowest BCUT2D eigenvalue weighted by Crippen LogP contribution is -2.34.